The maximum Gasteiger partial charge on any atom is 0.408 e. The van der Waals surface area contributed by atoms with E-state index in [0.29, 0.717) is 0 Å². The molecule has 156 valence electrons. The smallest absolute Gasteiger partial charge is 0.408 e. The number of nitrogens with one attached hydrogen (secondary N) is 1. The summed E-state index contributed by atoms with van der Waals surface area (Å²) < 4.78 is 9.86. The van der Waals surface area contributed by atoms with Crippen LogP contribution in [0.2, 0.25) is 0 Å². The Morgan fingerprint density at radius 1 is 0.897 bits per heavy atom. The molecule has 0 saturated heterocycles. The fourth-order valence-electron chi connectivity index (χ4n) is 2.32. The van der Waals surface area contributed by atoms with Crippen molar-refractivity contribution >= 4 is 17.8 Å². The van der Waals surface area contributed by atoms with Crippen LogP contribution < -0.4 is 5.32 Å². The second-order valence-electron chi connectivity index (χ2n) is 5.90. The lowest BCUT2D eigenvalue weighted by Crippen LogP contribution is -2.45. The van der Waals surface area contributed by atoms with E-state index < -0.39 is 23.9 Å². The topological polar surface area (TPSA) is 102 Å². The Morgan fingerprint density at radius 3 is 1.86 bits per heavy atom. The highest BCUT2D eigenvalue weighted by molar-refractivity contribution is 6.35. The minimum atomic E-state index is -1.60. The molecule has 7 heteroatoms. The van der Waals surface area contributed by atoms with Crippen molar-refractivity contribution in [1.82, 2.24) is 5.32 Å². The molecule has 0 fully saturated rings. The van der Waals surface area contributed by atoms with Gasteiger partial charge in [0, 0.05) is 19.6 Å². The highest BCUT2D eigenvalue weighted by Gasteiger charge is 2.27. The van der Waals surface area contributed by atoms with E-state index in [4.69, 9.17) is 14.6 Å². The molecule has 0 aliphatic heterocycles. The van der Waals surface area contributed by atoms with E-state index in [1.807, 2.05) is 32.0 Å². The minimum absolute atomic E-state index is 0.0337. The number of carboxylic acids is 1. The lowest BCUT2D eigenvalue weighted by Gasteiger charge is -2.16. The molecule has 0 aliphatic carbocycles. The van der Waals surface area contributed by atoms with Crippen molar-refractivity contribution in [2.45, 2.75) is 32.9 Å². The Labute approximate surface area is 170 Å². The van der Waals surface area contributed by atoms with Crippen molar-refractivity contribution in [1.29, 1.82) is 0 Å². The van der Waals surface area contributed by atoms with Gasteiger partial charge in [-0.2, -0.15) is 0 Å². The number of rotatable bonds is 9. The molecule has 1 amide bonds. The second-order valence-corrected chi connectivity index (χ2v) is 5.90. The van der Waals surface area contributed by atoms with Crippen LogP contribution in [0, 0.1) is 0 Å². The van der Waals surface area contributed by atoms with Crippen molar-refractivity contribution in [3.63, 3.8) is 0 Å². The molecule has 7 nitrogen and oxygen atoms in total. The standard InChI is InChI=1S/C18H17NO5.C4H10O/c20-16(17(21)22)15(11-13-7-3-1-4-8-13)19-18(23)24-12-14-9-5-2-6-10-14;1-3-5-4-2/h1-10,15H,11-12H2,(H,19,23)(H,21,22);3-4H2,1-2H3. The van der Waals surface area contributed by atoms with Gasteiger partial charge in [-0.25, -0.2) is 9.59 Å². The maximum absolute atomic E-state index is 11.9. The van der Waals surface area contributed by atoms with Gasteiger partial charge >= 0.3 is 12.1 Å². The zero-order valence-corrected chi connectivity index (χ0v) is 16.7. The Hall–Kier alpha value is -3.19. The van der Waals surface area contributed by atoms with E-state index in [2.05, 4.69) is 5.32 Å². The number of carboxylic acid groups (broad SMARTS) is 1. The lowest BCUT2D eigenvalue weighted by atomic mass is 10.0. The van der Waals surface area contributed by atoms with E-state index in [0.717, 1.165) is 24.3 Å². The molecule has 0 radical (unpaired) electrons. The second kappa shape index (κ2) is 13.9. The predicted octanol–water partition coefficient (Wildman–Crippen LogP) is 3.22. The summed E-state index contributed by atoms with van der Waals surface area (Å²) >= 11 is 0. The van der Waals surface area contributed by atoms with Gasteiger partial charge in [0.25, 0.3) is 5.78 Å². The summed E-state index contributed by atoms with van der Waals surface area (Å²) in [5, 5.41) is 11.2. The van der Waals surface area contributed by atoms with Gasteiger partial charge in [-0.05, 0) is 25.0 Å². The van der Waals surface area contributed by atoms with Crippen LogP contribution >= 0.6 is 0 Å². The van der Waals surface area contributed by atoms with Crippen molar-refractivity contribution < 1.29 is 29.0 Å². The van der Waals surface area contributed by atoms with Crippen LogP contribution in [0.25, 0.3) is 0 Å². The molecule has 1 unspecified atom stereocenters. The SMILES string of the molecule is CCOCC.O=C(NC(Cc1ccccc1)C(=O)C(=O)O)OCc1ccccc1. The Morgan fingerprint density at radius 2 is 1.41 bits per heavy atom. The maximum atomic E-state index is 11.9. The molecule has 0 aromatic heterocycles. The Balaban J connectivity index is 0.000000749. The largest absolute Gasteiger partial charge is 0.475 e. The summed E-state index contributed by atoms with van der Waals surface area (Å²) in [6.45, 7) is 5.70. The average molecular weight is 401 g/mol. The van der Waals surface area contributed by atoms with Gasteiger partial charge in [0.05, 0.1) is 0 Å². The first-order chi connectivity index (χ1) is 14.0. The van der Waals surface area contributed by atoms with Crippen LogP contribution in [0.5, 0.6) is 0 Å². The summed E-state index contributed by atoms with van der Waals surface area (Å²) in [6.07, 6.45) is -0.763. The number of alkyl carbamates (subject to hydrolysis) is 1. The molecule has 29 heavy (non-hydrogen) atoms. The predicted molar refractivity (Wildman–Crippen MR) is 109 cm³/mol. The fraction of sp³-hybridized carbons (Fsp3) is 0.318. The van der Waals surface area contributed by atoms with Gasteiger partial charge in [0.2, 0.25) is 0 Å². The van der Waals surface area contributed by atoms with Gasteiger partial charge in [-0.15, -0.1) is 0 Å². The molecule has 2 N–H and O–H groups in total. The Bertz CT molecular complexity index is 746. The third-order valence-electron chi connectivity index (χ3n) is 3.72. The van der Waals surface area contributed by atoms with Crippen molar-refractivity contribution in [3.8, 4) is 0 Å². The van der Waals surface area contributed by atoms with Gasteiger partial charge in [0.15, 0.2) is 0 Å². The molecule has 1 atom stereocenters. The number of Topliss-reactive ketones (excluding diaryl/α,β-unsaturated/α-hetero) is 1. The van der Waals surface area contributed by atoms with E-state index in [1.54, 1.807) is 42.5 Å². The molecular formula is C22H27NO6. The summed E-state index contributed by atoms with van der Waals surface area (Å²) in [5.41, 5.74) is 1.53. The number of hydrogen-bond donors (Lipinski definition) is 2. The quantitative estimate of drug-likeness (QED) is 0.626. The average Bonchev–Trinajstić information content (AvgIpc) is 2.74. The molecule has 0 aliphatic rings. The van der Waals surface area contributed by atoms with Crippen molar-refractivity contribution in [2.24, 2.45) is 0 Å². The molecule has 2 rings (SSSR count). The molecular weight excluding hydrogens is 374 g/mol. The first-order valence-electron chi connectivity index (χ1n) is 9.33. The normalized spacial score (nSPS) is 10.8. The van der Waals surface area contributed by atoms with Gasteiger partial charge < -0.3 is 19.9 Å². The summed E-state index contributed by atoms with van der Waals surface area (Å²) in [4.78, 5) is 34.6. The number of carbonyl (C=O) groups is 3. The first kappa shape index (κ1) is 23.8. The molecule has 0 spiro atoms. The van der Waals surface area contributed by atoms with Gasteiger partial charge in [0.1, 0.15) is 12.6 Å². The molecule has 0 bridgehead atoms. The number of ether oxygens (including phenoxy) is 2. The number of aliphatic carboxylic acids is 1. The van der Waals surface area contributed by atoms with E-state index in [1.165, 1.54) is 0 Å². The van der Waals surface area contributed by atoms with Crippen LogP contribution in [0.15, 0.2) is 60.7 Å². The van der Waals surface area contributed by atoms with E-state index >= 15 is 0 Å². The monoisotopic (exact) mass is 401 g/mol. The van der Waals surface area contributed by atoms with Crippen LogP contribution in [-0.2, 0) is 32.1 Å². The fourth-order valence-corrected chi connectivity index (χ4v) is 2.32. The highest BCUT2D eigenvalue weighted by atomic mass is 16.5. The van der Waals surface area contributed by atoms with Crippen LogP contribution in [0.3, 0.4) is 0 Å². The summed E-state index contributed by atoms with van der Waals surface area (Å²) in [5.74, 6) is -2.69. The van der Waals surface area contributed by atoms with Gasteiger partial charge in [-0.3, -0.25) is 4.79 Å². The zero-order chi connectivity index (χ0) is 21.5. The molecule has 0 saturated carbocycles. The van der Waals surface area contributed by atoms with Crippen LogP contribution in [0.1, 0.15) is 25.0 Å². The third kappa shape index (κ3) is 10.1. The van der Waals surface area contributed by atoms with Crippen LogP contribution in [0.4, 0.5) is 4.79 Å². The van der Waals surface area contributed by atoms with Crippen LogP contribution in [-0.4, -0.2) is 42.2 Å². The third-order valence-corrected chi connectivity index (χ3v) is 3.72. The molecule has 0 heterocycles. The zero-order valence-electron chi connectivity index (χ0n) is 16.7. The number of ketones is 1. The number of carbonyl (C=O) groups excluding carboxylic acids is 2. The van der Waals surface area contributed by atoms with Crippen molar-refractivity contribution in [3.05, 3.63) is 71.8 Å². The highest BCUT2D eigenvalue weighted by Crippen LogP contribution is 2.06. The molecule has 2 aromatic rings. The van der Waals surface area contributed by atoms with E-state index in [9.17, 15) is 14.4 Å². The minimum Gasteiger partial charge on any atom is -0.475 e. The number of hydrogen-bond acceptors (Lipinski definition) is 5. The number of benzene rings is 2. The Kier molecular flexibility index (Phi) is 11.4. The lowest BCUT2D eigenvalue weighted by molar-refractivity contribution is -0.150. The molecule has 2 aromatic carbocycles. The summed E-state index contributed by atoms with van der Waals surface area (Å²) in [6, 6.07) is 16.7. The van der Waals surface area contributed by atoms with Gasteiger partial charge in [-0.1, -0.05) is 60.7 Å². The summed E-state index contributed by atoms with van der Waals surface area (Å²) in [7, 11) is 0. The first-order valence-corrected chi connectivity index (χ1v) is 9.33. The van der Waals surface area contributed by atoms with Crippen molar-refractivity contribution in [2.75, 3.05) is 13.2 Å². The van der Waals surface area contributed by atoms with E-state index in [-0.39, 0.29) is 13.0 Å². The number of amides is 1.